The maximum atomic E-state index is 13.7. The first-order valence-corrected chi connectivity index (χ1v) is 13.6. The fraction of sp³-hybridized carbons (Fsp3) is 0.417. The van der Waals surface area contributed by atoms with Crippen molar-refractivity contribution in [2.75, 3.05) is 50.0 Å². The van der Waals surface area contributed by atoms with Crippen molar-refractivity contribution in [3.63, 3.8) is 0 Å². The van der Waals surface area contributed by atoms with Crippen LogP contribution in [0.5, 0.6) is 0 Å². The van der Waals surface area contributed by atoms with Gasteiger partial charge in [-0.1, -0.05) is 24.3 Å². The molecule has 0 spiro atoms. The van der Waals surface area contributed by atoms with Gasteiger partial charge in [-0.25, -0.2) is 13.4 Å². The van der Waals surface area contributed by atoms with Crippen molar-refractivity contribution >= 4 is 42.4 Å². The smallest absolute Gasteiger partial charge is 0.260 e. The van der Waals surface area contributed by atoms with Crippen molar-refractivity contribution in [3.05, 3.63) is 53.1 Å². The van der Waals surface area contributed by atoms with E-state index in [1.54, 1.807) is 24.0 Å². The number of rotatable bonds is 7. The van der Waals surface area contributed by atoms with E-state index in [0.717, 1.165) is 28.9 Å². The summed E-state index contributed by atoms with van der Waals surface area (Å²) in [5.74, 6) is -0.258. The van der Waals surface area contributed by atoms with Gasteiger partial charge in [-0.15, -0.1) is 0 Å². The summed E-state index contributed by atoms with van der Waals surface area (Å²) in [6, 6.07) is 10.5. The predicted octanol–water partition coefficient (Wildman–Crippen LogP) is 3.69. The predicted molar refractivity (Wildman–Crippen MR) is 132 cm³/mol. The standard InChI is InChI=1S/C24H29N3O4S2/c1-4-33(29,30)20-7-5-6-19(16-20)23(28)27(9-8-26-10-12-31-13-11-26)24-25-21-14-17(2)18(3)15-22(21)32-24/h5-7,14-16H,4,8-13H2,1-3H3. The number of carbonyl (C=O) groups is 1. The Morgan fingerprint density at radius 2 is 1.88 bits per heavy atom. The number of amides is 1. The second-order valence-electron chi connectivity index (χ2n) is 8.24. The topological polar surface area (TPSA) is 79.8 Å². The Bertz CT molecular complexity index is 1220. The third-order valence-electron chi connectivity index (χ3n) is 6.03. The number of anilines is 1. The molecular formula is C24H29N3O4S2. The Morgan fingerprint density at radius 1 is 1.15 bits per heavy atom. The van der Waals surface area contributed by atoms with E-state index in [4.69, 9.17) is 9.72 Å². The molecule has 0 unspecified atom stereocenters. The van der Waals surface area contributed by atoms with E-state index in [-0.39, 0.29) is 16.6 Å². The van der Waals surface area contributed by atoms with Crippen LogP contribution in [-0.2, 0) is 14.6 Å². The van der Waals surface area contributed by atoms with Crippen LogP contribution in [0.3, 0.4) is 0 Å². The molecular weight excluding hydrogens is 458 g/mol. The lowest BCUT2D eigenvalue weighted by atomic mass is 10.1. The summed E-state index contributed by atoms with van der Waals surface area (Å²) in [6.07, 6.45) is 0. The van der Waals surface area contributed by atoms with Gasteiger partial charge >= 0.3 is 0 Å². The summed E-state index contributed by atoms with van der Waals surface area (Å²) >= 11 is 1.48. The highest BCUT2D eigenvalue weighted by Gasteiger charge is 2.24. The monoisotopic (exact) mass is 487 g/mol. The number of thiazole rings is 1. The first-order chi connectivity index (χ1) is 15.8. The maximum Gasteiger partial charge on any atom is 0.260 e. The van der Waals surface area contributed by atoms with Gasteiger partial charge in [0.2, 0.25) is 0 Å². The van der Waals surface area contributed by atoms with Gasteiger partial charge < -0.3 is 4.74 Å². The molecule has 1 aliphatic rings. The van der Waals surface area contributed by atoms with Gasteiger partial charge in [0.25, 0.3) is 5.91 Å². The van der Waals surface area contributed by atoms with Crippen molar-refractivity contribution in [3.8, 4) is 0 Å². The van der Waals surface area contributed by atoms with Crippen LogP contribution in [0.4, 0.5) is 5.13 Å². The van der Waals surface area contributed by atoms with Crippen LogP contribution >= 0.6 is 11.3 Å². The average molecular weight is 488 g/mol. The summed E-state index contributed by atoms with van der Waals surface area (Å²) in [7, 11) is -3.41. The highest BCUT2D eigenvalue weighted by molar-refractivity contribution is 7.91. The van der Waals surface area contributed by atoms with Gasteiger partial charge in [-0.05, 0) is 55.3 Å². The van der Waals surface area contributed by atoms with Crippen molar-refractivity contribution in [2.45, 2.75) is 25.7 Å². The summed E-state index contributed by atoms with van der Waals surface area (Å²) in [5.41, 5.74) is 3.55. The number of carbonyl (C=O) groups excluding carboxylic acids is 1. The average Bonchev–Trinajstić information content (AvgIpc) is 3.22. The first kappa shape index (κ1) is 23.8. The van der Waals surface area contributed by atoms with Crippen molar-refractivity contribution < 1.29 is 17.9 Å². The molecule has 33 heavy (non-hydrogen) atoms. The van der Waals surface area contributed by atoms with E-state index in [1.807, 2.05) is 6.07 Å². The molecule has 1 amide bonds. The summed E-state index contributed by atoms with van der Waals surface area (Å²) in [6.45, 7) is 9.88. The molecule has 3 aromatic rings. The van der Waals surface area contributed by atoms with Crippen molar-refractivity contribution in [2.24, 2.45) is 0 Å². The molecule has 1 saturated heterocycles. The van der Waals surface area contributed by atoms with Gasteiger partial charge in [0, 0.05) is 31.7 Å². The summed E-state index contributed by atoms with van der Waals surface area (Å²) in [5, 5.41) is 0.622. The number of nitrogens with zero attached hydrogens (tertiary/aromatic N) is 3. The van der Waals surface area contributed by atoms with Gasteiger partial charge in [0.1, 0.15) is 0 Å². The molecule has 4 rings (SSSR count). The van der Waals surface area contributed by atoms with E-state index in [1.165, 1.54) is 29.0 Å². The van der Waals surface area contributed by atoms with Gasteiger partial charge in [0.05, 0.1) is 34.1 Å². The molecule has 1 fully saturated rings. The molecule has 2 aromatic carbocycles. The lowest BCUT2D eigenvalue weighted by Crippen LogP contribution is -2.43. The number of fused-ring (bicyclic) bond motifs is 1. The van der Waals surface area contributed by atoms with E-state index >= 15 is 0 Å². The lowest BCUT2D eigenvalue weighted by Gasteiger charge is -2.29. The number of ether oxygens (including phenoxy) is 1. The van der Waals surface area contributed by atoms with Crippen molar-refractivity contribution in [1.29, 1.82) is 0 Å². The molecule has 0 aliphatic carbocycles. The SMILES string of the molecule is CCS(=O)(=O)c1cccc(C(=O)N(CCN2CCOCC2)c2nc3cc(C)c(C)cc3s2)c1. The molecule has 0 atom stereocenters. The molecule has 7 nitrogen and oxygen atoms in total. The lowest BCUT2D eigenvalue weighted by molar-refractivity contribution is 0.0391. The number of sulfone groups is 1. The van der Waals surface area contributed by atoms with Crippen molar-refractivity contribution in [1.82, 2.24) is 9.88 Å². The molecule has 1 aliphatic heterocycles. The van der Waals surface area contributed by atoms with Crippen LogP contribution in [0.25, 0.3) is 10.2 Å². The van der Waals surface area contributed by atoms with E-state index in [9.17, 15) is 13.2 Å². The number of morpholine rings is 1. The maximum absolute atomic E-state index is 13.7. The van der Waals surface area contributed by atoms with E-state index in [0.29, 0.717) is 37.0 Å². The number of aryl methyl sites for hydroxylation is 2. The number of benzene rings is 2. The van der Waals surface area contributed by atoms with E-state index in [2.05, 4.69) is 24.8 Å². The highest BCUT2D eigenvalue weighted by atomic mass is 32.2. The minimum atomic E-state index is -3.41. The Morgan fingerprint density at radius 3 is 2.61 bits per heavy atom. The summed E-state index contributed by atoms with van der Waals surface area (Å²) < 4.78 is 31.2. The van der Waals surface area contributed by atoms with Gasteiger partial charge in [0.15, 0.2) is 15.0 Å². The molecule has 0 saturated carbocycles. The Balaban J connectivity index is 1.69. The quantitative estimate of drug-likeness (QED) is 0.506. The molecule has 176 valence electrons. The summed E-state index contributed by atoms with van der Waals surface area (Å²) in [4.78, 5) is 22.5. The second kappa shape index (κ2) is 9.89. The molecule has 0 N–H and O–H groups in total. The third kappa shape index (κ3) is 5.27. The molecule has 0 radical (unpaired) electrons. The normalized spacial score (nSPS) is 15.1. The van der Waals surface area contributed by atoms with Gasteiger partial charge in [-0.2, -0.15) is 0 Å². The minimum Gasteiger partial charge on any atom is -0.379 e. The van der Waals surface area contributed by atoms with Crippen LogP contribution in [0, 0.1) is 13.8 Å². The molecule has 0 bridgehead atoms. The van der Waals surface area contributed by atoms with Crippen LogP contribution < -0.4 is 4.90 Å². The highest BCUT2D eigenvalue weighted by Crippen LogP contribution is 2.32. The fourth-order valence-electron chi connectivity index (χ4n) is 3.78. The van der Waals surface area contributed by atoms with Gasteiger partial charge in [-0.3, -0.25) is 14.6 Å². The minimum absolute atomic E-state index is 0.0119. The number of hydrogen-bond donors (Lipinski definition) is 0. The zero-order valence-electron chi connectivity index (χ0n) is 19.2. The Hall–Kier alpha value is -2.33. The Kier molecular flexibility index (Phi) is 7.13. The van der Waals surface area contributed by atoms with Crippen LogP contribution in [0.2, 0.25) is 0 Å². The number of aromatic nitrogens is 1. The van der Waals surface area contributed by atoms with Crippen LogP contribution in [-0.4, -0.2) is 69.4 Å². The Labute approximate surface area is 198 Å². The largest absolute Gasteiger partial charge is 0.379 e. The van der Waals surface area contributed by atoms with Crippen LogP contribution in [0.15, 0.2) is 41.3 Å². The fourth-order valence-corrected chi connectivity index (χ4v) is 5.77. The van der Waals surface area contributed by atoms with Crippen LogP contribution in [0.1, 0.15) is 28.4 Å². The zero-order chi connectivity index (χ0) is 23.6. The molecule has 2 heterocycles. The number of hydrogen-bond acceptors (Lipinski definition) is 7. The van der Waals surface area contributed by atoms with E-state index < -0.39 is 9.84 Å². The second-order valence-corrected chi connectivity index (χ2v) is 11.5. The zero-order valence-corrected chi connectivity index (χ0v) is 20.8. The molecule has 9 heteroatoms. The first-order valence-electron chi connectivity index (χ1n) is 11.1. The third-order valence-corrected chi connectivity index (χ3v) is 8.81. The molecule has 1 aromatic heterocycles.